The van der Waals surface area contributed by atoms with Gasteiger partial charge in [0, 0.05) is 6.54 Å². The third-order valence-electron chi connectivity index (χ3n) is 2.45. The molecule has 2 rings (SSSR count). The lowest BCUT2D eigenvalue weighted by atomic mass is 10.2. The second kappa shape index (κ2) is 6.61. The van der Waals surface area contributed by atoms with Crippen LogP contribution < -0.4 is 0 Å². The lowest BCUT2D eigenvalue weighted by Gasteiger charge is -2.13. The highest BCUT2D eigenvalue weighted by Crippen LogP contribution is 2.11. The maximum absolute atomic E-state index is 2.52. The van der Waals surface area contributed by atoms with Crippen molar-refractivity contribution < 1.29 is 0 Å². The van der Waals surface area contributed by atoms with Crippen molar-refractivity contribution in [3.8, 4) is 0 Å². The topological polar surface area (TPSA) is 3.24 Å². The molecule has 78 valence electrons. The van der Waals surface area contributed by atoms with E-state index >= 15 is 0 Å². The van der Waals surface area contributed by atoms with E-state index in [4.69, 9.17) is 0 Å². The number of likely N-dealkylation sites (tertiary alicyclic amines) is 1. The van der Waals surface area contributed by atoms with Crippen LogP contribution in [0.25, 0.3) is 0 Å². The zero-order chi connectivity index (χ0) is 10.2. The van der Waals surface area contributed by atoms with Crippen LogP contribution in [0.15, 0.2) is 30.3 Å². The van der Waals surface area contributed by atoms with Crippen molar-refractivity contribution in [2.45, 2.75) is 33.2 Å². The third-order valence-corrected chi connectivity index (χ3v) is 2.45. The van der Waals surface area contributed by atoms with Gasteiger partial charge >= 0.3 is 0 Å². The van der Waals surface area contributed by atoms with Gasteiger partial charge in [0.05, 0.1) is 0 Å². The van der Waals surface area contributed by atoms with Gasteiger partial charge in [-0.2, -0.15) is 0 Å². The highest BCUT2D eigenvalue weighted by molar-refractivity contribution is 5.14. The van der Waals surface area contributed by atoms with E-state index in [1.165, 1.54) is 31.5 Å². The Hall–Kier alpha value is -0.820. The zero-order valence-electron chi connectivity index (χ0n) is 9.37. The minimum absolute atomic E-state index is 1.14. The van der Waals surface area contributed by atoms with Gasteiger partial charge in [0.25, 0.3) is 0 Å². The predicted molar refractivity (Wildman–Crippen MR) is 62.3 cm³/mol. The second-order valence-corrected chi connectivity index (χ2v) is 3.47. The molecule has 1 aliphatic rings. The summed E-state index contributed by atoms with van der Waals surface area (Å²) in [5.41, 5.74) is 1.44. The lowest BCUT2D eigenvalue weighted by Crippen LogP contribution is -2.18. The number of hydrogen-bond acceptors (Lipinski definition) is 1. The van der Waals surface area contributed by atoms with E-state index in [-0.39, 0.29) is 0 Å². The van der Waals surface area contributed by atoms with Crippen LogP contribution in [0.2, 0.25) is 0 Å². The number of benzene rings is 1. The molecule has 1 saturated heterocycles. The fraction of sp³-hybridized carbons (Fsp3) is 0.538. The highest BCUT2D eigenvalue weighted by Gasteiger charge is 2.10. The molecule has 0 aliphatic carbocycles. The Morgan fingerprint density at radius 2 is 1.57 bits per heavy atom. The van der Waals surface area contributed by atoms with Gasteiger partial charge in [0.1, 0.15) is 0 Å². The summed E-state index contributed by atoms with van der Waals surface area (Å²) in [6, 6.07) is 10.7. The minimum Gasteiger partial charge on any atom is -0.299 e. The monoisotopic (exact) mass is 191 g/mol. The first kappa shape index (κ1) is 11.3. The van der Waals surface area contributed by atoms with Crippen molar-refractivity contribution in [3.63, 3.8) is 0 Å². The van der Waals surface area contributed by atoms with E-state index in [2.05, 4.69) is 35.2 Å². The molecule has 0 aromatic heterocycles. The summed E-state index contributed by atoms with van der Waals surface area (Å²) in [6.45, 7) is 7.71. The van der Waals surface area contributed by atoms with Gasteiger partial charge in [0.15, 0.2) is 0 Å². The smallest absolute Gasteiger partial charge is 0.0233 e. The Labute approximate surface area is 87.7 Å². The van der Waals surface area contributed by atoms with E-state index in [0.717, 1.165) is 6.54 Å². The van der Waals surface area contributed by atoms with Crippen molar-refractivity contribution in [2.24, 2.45) is 0 Å². The van der Waals surface area contributed by atoms with E-state index in [9.17, 15) is 0 Å². The van der Waals surface area contributed by atoms with Crippen LogP contribution in [0.5, 0.6) is 0 Å². The highest BCUT2D eigenvalue weighted by atomic mass is 15.1. The van der Waals surface area contributed by atoms with Gasteiger partial charge < -0.3 is 0 Å². The van der Waals surface area contributed by atoms with Crippen LogP contribution in [0.1, 0.15) is 32.3 Å². The molecule has 1 aliphatic heterocycles. The molecule has 1 nitrogen and oxygen atoms in total. The van der Waals surface area contributed by atoms with Crippen LogP contribution in [0.3, 0.4) is 0 Å². The van der Waals surface area contributed by atoms with E-state index < -0.39 is 0 Å². The van der Waals surface area contributed by atoms with Gasteiger partial charge in [-0.15, -0.1) is 0 Å². The first-order chi connectivity index (χ1) is 6.95. The molecule has 0 N–H and O–H groups in total. The molecular weight excluding hydrogens is 170 g/mol. The largest absolute Gasteiger partial charge is 0.299 e. The Bertz CT molecular complexity index is 224. The van der Waals surface area contributed by atoms with Gasteiger partial charge in [-0.3, -0.25) is 4.90 Å². The van der Waals surface area contributed by atoms with Gasteiger partial charge in [-0.1, -0.05) is 44.2 Å². The normalized spacial score (nSPS) is 16.1. The summed E-state index contributed by atoms with van der Waals surface area (Å²) < 4.78 is 0. The lowest BCUT2D eigenvalue weighted by molar-refractivity contribution is 0.331. The summed E-state index contributed by atoms with van der Waals surface area (Å²) in [6.07, 6.45) is 2.76. The molecular formula is C13H21N. The van der Waals surface area contributed by atoms with Crippen molar-refractivity contribution in [1.82, 2.24) is 4.90 Å². The molecule has 0 spiro atoms. The van der Waals surface area contributed by atoms with Gasteiger partial charge in [0.2, 0.25) is 0 Å². The fourth-order valence-corrected chi connectivity index (χ4v) is 1.78. The summed E-state index contributed by atoms with van der Waals surface area (Å²) in [5.74, 6) is 0. The van der Waals surface area contributed by atoms with Crippen molar-refractivity contribution in [2.75, 3.05) is 13.1 Å². The van der Waals surface area contributed by atoms with Crippen molar-refractivity contribution >= 4 is 0 Å². The Morgan fingerprint density at radius 1 is 1.00 bits per heavy atom. The van der Waals surface area contributed by atoms with Crippen molar-refractivity contribution in [1.29, 1.82) is 0 Å². The van der Waals surface area contributed by atoms with Crippen LogP contribution in [-0.2, 0) is 6.54 Å². The molecule has 0 saturated carbocycles. The Kier molecular flexibility index (Phi) is 5.31. The minimum atomic E-state index is 1.14. The summed E-state index contributed by atoms with van der Waals surface area (Å²) in [7, 11) is 0. The van der Waals surface area contributed by atoms with Gasteiger partial charge in [-0.05, 0) is 31.5 Å². The molecule has 14 heavy (non-hydrogen) atoms. The van der Waals surface area contributed by atoms with E-state index in [1.807, 2.05) is 13.8 Å². The molecule has 1 heteroatoms. The quantitative estimate of drug-likeness (QED) is 0.693. The molecule has 0 radical (unpaired) electrons. The standard InChI is InChI=1S/C11H15N.C2H6/c1-2-6-11(7-3-1)10-12-8-4-5-9-12;1-2/h1-3,6-7H,4-5,8-10H2;1-2H3. The van der Waals surface area contributed by atoms with Crippen LogP contribution in [0, 0.1) is 0 Å². The van der Waals surface area contributed by atoms with Crippen molar-refractivity contribution in [3.05, 3.63) is 35.9 Å². The first-order valence-corrected chi connectivity index (χ1v) is 5.71. The van der Waals surface area contributed by atoms with Crippen LogP contribution in [-0.4, -0.2) is 18.0 Å². The summed E-state index contributed by atoms with van der Waals surface area (Å²) in [5, 5.41) is 0. The van der Waals surface area contributed by atoms with Crippen LogP contribution >= 0.6 is 0 Å². The first-order valence-electron chi connectivity index (χ1n) is 5.71. The maximum Gasteiger partial charge on any atom is 0.0233 e. The number of rotatable bonds is 2. The Balaban J connectivity index is 0.000000461. The average molecular weight is 191 g/mol. The molecule has 0 unspecified atom stereocenters. The average Bonchev–Trinajstić information content (AvgIpc) is 2.75. The number of nitrogens with zero attached hydrogens (tertiary/aromatic N) is 1. The third kappa shape index (κ3) is 3.51. The second-order valence-electron chi connectivity index (χ2n) is 3.47. The van der Waals surface area contributed by atoms with E-state index in [0.29, 0.717) is 0 Å². The molecule has 0 bridgehead atoms. The maximum atomic E-state index is 2.52. The zero-order valence-corrected chi connectivity index (χ0v) is 9.37. The number of hydrogen-bond donors (Lipinski definition) is 0. The van der Waals surface area contributed by atoms with Gasteiger partial charge in [-0.25, -0.2) is 0 Å². The molecule has 1 heterocycles. The molecule has 1 aromatic rings. The predicted octanol–water partition coefficient (Wildman–Crippen LogP) is 3.31. The Morgan fingerprint density at radius 3 is 2.14 bits per heavy atom. The molecule has 1 fully saturated rings. The SMILES string of the molecule is CC.c1ccc(CN2CCCC2)cc1. The molecule has 1 aromatic carbocycles. The van der Waals surface area contributed by atoms with E-state index in [1.54, 1.807) is 0 Å². The van der Waals surface area contributed by atoms with Crippen LogP contribution in [0.4, 0.5) is 0 Å². The molecule has 0 amide bonds. The summed E-state index contributed by atoms with van der Waals surface area (Å²) in [4.78, 5) is 2.52. The molecule has 0 atom stereocenters. The fourth-order valence-electron chi connectivity index (χ4n) is 1.78. The summed E-state index contributed by atoms with van der Waals surface area (Å²) >= 11 is 0.